The lowest BCUT2D eigenvalue weighted by Crippen LogP contribution is -2.38. The van der Waals surface area contributed by atoms with Gasteiger partial charge in [0.1, 0.15) is 6.10 Å². The van der Waals surface area contributed by atoms with Gasteiger partial charge in [-0.1, -0.05) is 6.07 Å². The zero-order chi connectivity index (χ0) is 10.4. The van der Waals surface area contributed by atoms with E-state index < -0.39 is 6.10 Å². The second-order valence-corrected chi connectivity index (χ2v) is 3.98. The first-order valence-corrected chi connectivity index (χ1v) is 5.32. The van der Waals surface area contributed by atoms with Crippen LogP contribution in [0.1, 0.15) is 11.0 Å². The Morgan fingerprint density at radius 2 is 2.07 bits per heavy atom. The minimum absolute atomic E-state index is 0.131. The van der Waals surface area contributed by atoms with E-state index in [-0.39, 0.29) is 19.3 Å². The van der Waals surface area contributed by atoms with Crippen LogP contribution >= 0.6 is 11.3 Å². The monoisotopic (exact) mass is 217 g/mol. The molecule has 0 bridgehead atoms. The van der Waals surface area contributed by atoms with E-state index in [1.807, 2.05) is 17.5 Å². The average Bonchev–Trinajstić information content (AvgIpc) is 2.72. The zero-order valence-corrected chi connectivity index (χ0v) is 8.57. The Hall–Kier alpha value is -0.460. The van der Waals surface area contributed by atoms with Gasteiger partial charge in [0.25, 0.3) is 0 Å². The molecular formula is C9H15NO3S. The second kappa shape index (κ2) is 6.10. The van der Waals surface area contributed by atoms with E-state index in [1.165, 1.54) is 11.3 Å². The SMILES string of the molecule is OCC(CO)NCC(O)c1cccs1. The first kappa shape index (κ1) is 11.6. The van der Waals surface area contributed by atoms with Gasteiger partial charge in [0.2, 0.25) is 0 Å². The Balaban J connectivity index is 2.31. The molecule has 0 spiro atoms. The van der Waals surface area contributed by atoms with Gasteiger partial charge in [-0.2, -0.15) is 0 Å². The first-order valence-electron chi connectivity index (χ1n) is 4.44. The van der Waals surface area contributed by atoms with E-state index in [0.717, 1.165) is 4.88 Å². The van der Waals surface area contributed by atoms with Crippen LogP contribution in [0.3, 0.4) is 0 Å². The fourth-order valence-corrected chi connectivity index (χ4v) is 1.76. The van der Waals surface area contributed by atoms with Crippen molar-refractivity contribution >= 4 is 11.3 Å². The third-order valence-electron chi connectivity index (χ3n) is 1.91. The number of aliphatic hydroxyl groups is 3. The van der Waals surface area contributed by atoms with Crippen LogP contribution in [0.15, 0.2) is 17.5 Å². The molecule has 0 aliphatic heterocycles. The summed E-state index contributed by atoms with van der Waals surface area (Å²) in [5.41, 5.74) is 0. The minimum Gasteiger partial charge on any atom is -0.395 e. The molecule has 80 valence electrons. The number of aliphatic hydroxyl groups excluding tert-OH is 3. The van der Waals surface area contributed by atoms with E-state index >= 15 is 0 Å². The summed E-state index contributed by atoms with van der Waals surface area (Å²) in [5, 5.41) is 31.9. The fourth-order valence-electron chi connectivity index (χ4n) is 1.05. The van der Waals surface area contributed by atoms with Gasteiger partial charge in [-0.3, -0.25) is 0 Å². The second-order valence-electron chi connectivity index (χ2n) is 3.00. The molecule has 4 N–H and O–H groups in total. The lowest BCUT2D eigenvalue weighted by Gasteiger charge is -2.15. The van der Waals surface area contributed by atoms with Crippen molar-refractivity contribution < 1.29 is 15.3 Å². The van der Waals surface area contributed by atoms with Crippen molar-refractivity contribution in [3.63, 3.8) is 0 Å². The van der Waals surface area contributed by atoms with E-state index in [1.54, 1.807) is 0 Å². The summed E-state index contributed by atoms with van der Waals surface area (Å²) in [6.45, 7) is 0.0770. The Kier molecular flexibility index (Phi) is 5.06. The molecule has 1 unspecified atom stereocenters. The summed E-state index contributed by atoms with van der Waals surface area (Å²) in [5.74, 6) is 0. The molecular weight excluding hydrogens is 202 g/mol. The first-order chi connectivity index (χ1) is 6.77. The Morgan fingerprint density at radius 3 is 2.57 bits per heavy atom. The molecule has 0 aromatic carbocycles. The van der Waals surface area contributed by atoms with E-state index in [0.29, 0.717) is 6.54 Å². The van der Waals surface area contributed by atoms with Crippen molar-refractivity contribution in [1.82, 2.24) is 5.32 Å². The Bertz CT molecular complexity index is 236. The number of thiophene rings is 1. The minimum atomic E-state index is -0.574. The highest BCUT2D eigenvalue weighted by Crippen LogP contribution is 2.17. The van der Waals surface area contributed by atoms with E-state index in [9.17, 15) is 5.11 Å². The van der Waals surface area contributed by atoms with Gasteiger partial charge >= 0.3 is 0 Å². The van der Waals surface area contributed by atoms with Crippen molar-refractivity contribution in [3.05, 3.63) is 22.4 Å². The maximum atomic E-state index is 9.63. The topological polar surface area (TPSA) is 72.7 Å². The molecule has 1 atom stereocenters. The molecule has 1 aromatic rings. The average molecular weight is 217 g/mol. The maximum absolute atomic E-state index is 9.63. The lowest BCUT2D eigenvalue weighted by molar-refractivity contribution is 0.137. The van der Waals surface area contributed by atoms with Gasteiger partial charge in [-0.15, -0.1) is 11.3 Å². The van der Waals surface area contributed by atoms with Crippen LogP contribution in [-0.2, 0) is 0 Å². The fraction of sp³-hybridized carbons (Fsp3) is 0.556. The molecule has 4 nitrogen and oxygen atoms in total. The summed E-state index contributed by atoms with van der Waals surface area (Å²) in [7, 11) is 0. The molecule has 0 amide bonds. The standard InChI is InChI=1S/C9H15NO3S/c11-5-7(6-12)10-4-8(13)9-2-1-3-14-9/h1-3,7-8,10-13H,4-6H2. The molecule has 1 heterocycles. The zero-order valence-electron chi connectivity index (χ0n) is 7.76. The van der Waals surface area contributed by atoms with Gasteiger partial charge in [0, 0.05) is 11.4 Å². The van der Waals surface area contributed by atoms with Crippen molar-refractivity contribution in [2.45, 2.75) is 12.1 Å². The predicted molar refractivity (Wildman–Crippen MR) is 55.2 cm³/mol. The van der Waals surface area contributed by atoms with Gasteiger partial charge < -0.3 is 20.6 Å². The van der Waals surface area contributed by atoms with Crippen molar-refractivity contribution in [2.75, 3.05) is 19.8 Å². The highest BCUT2D eigenvalue weighted by Gasteiger charge is 2.11. The largest absolute Gasteiger partial charge is 0.395 e. The quantitative estimate of drug-likeness (QED) is 0.529. The number of rotatable bonds is 6. The predicted octanol–water partition coefficient (Wildman–Crippen LogP) is -0.276. The summed E-state index contributed by atoms with van der Waals surface area (Å²) < 4.78 is 0. The van der Waals surface area contributed by atoms with Crippen LogP contribution < -0.4 is 5.32 Å². The normalized spacial score (nSPS) is 13.4. The third kappa shape index (κ3) is 3.36. The van der Waals surface area contributed by atoms with Crippen molar-refractivity contribution in [3.8, 4) is 0 Å². The van der Waals surface area contributed by atoms with Crippen LogP contribution in [0.4, 0.5) is 0 Å². The van der Waals surface area contributed by atoms with Crippen LogP contribution in [0.5, 0.6) is 0 Å². The molecule has 0 saturated heterocycles. The molecule has 14 heavy (non-hydrogen) atoms. The highest BCUT2D eigenvalue weighted by molar-refractivity contribution is 7.10. The summed E-state index contributed by atoms with van der Waals surface area (Å²) in [6, 6.07) is 3.37. The van der Waals surface area contributed by atoms with Crippen LogP contribution in [-0.4, -0.2) is 41.1 Å². The Labute approximate surface area is 86.8 Å². The van der Waals surface area contributed by atoms with Gasteiger partial charge in [-0.05, 0) is 11.4 Å². The molecule has 0 aliphatic carbocycles. The van der Waals surface area contributed by atoms with Crippen LogP contribution in [0.25, 0.3) is 0 Å². The van der Waals surface area contributed by atoms with Gasteiger partial charge in [0.05, 0.1) is 19.3 Å². The van der Waals surface area contributed by atoms with E-state index in [2.05, 4.69) is 5.32 Å². The summed E-state index contributed by atoms with van der Waals surface area (Å²) >= 11 is 1.48. The summed E-state index contributed by atoms with van der Waals surface area (Å²) in [4.78, 5) is 0.882. The van der Waals surface area contributed by atoms with Crippen molar-refractivity contribution in [1.29, 1.82) is 0 Å². The van der Waals surface area contributed by atoms with Gasteiger partial charge in [0.15, 0.2) is 0 Å². The molecule has 0 fully saturated rings. The molecule has 1 rings (SSSR count). The molecule has 5 heteroatoms. The number of nitrogens with one attached hydrogen (secondary N) is 1. The highest BCUT2D eigenvalue weighted by atomic mass is 32.1. The van der Waals surface area contributed by atoms with Crippen LogP contribution in [0, 0.1) is 0 Å². The van der Waals surface area contributed by atoms with Crippen molar-refractivity contribution in [2.24, 2.45) is 0 Å². The smallest absolute Gasteiger partial charge is 0.101 e. The molecule has 0 aliphatic rings. The van der Waals surface area contributed by atoms with Gasteiger partial charge in [-0.25, -0.2) is 0 Å². The number of hydrogen-bond donors (Lipinski definition) is 4. The number of hydrogen-bond acceptors (Lipinski definition) is 5. The van der Waals surface area contributed by atoms with E-state index in [4.69, 9.17) is 10.2 Å². The third-order valence-corrected chi connectivity index (χ3v) is 2.89. The molecule has 0 radical (unpaired) electrons. The lowest BCUT2D eigenvalue weighted by atomic mass is 10.2. The molecule has 1 aromatic heterocycles. The Morgan fingerprint density at radius 1 is 1.36 bits per heavy atom. The maximum Gasteiger partial charge on any atom is 0.101 e. The molecule has 0 saturated carbocycles. The van der Waals surface area contributed by atoms with Crippen LogP contribution in [0.2, 0.25) is 0 Å². The summed E-state index contributed by atoms with van der Waals surface area (Å²) in [6.07, 6.45) is -0.574.